The quantitative estimate of drug-likeness (QED) is 0.899. The zero-order valence-electron chi connectivity index (χ0n) is 10.6. The number of rotatable bonds is 5. The lowest BCUT2D eigenvalue weighted by Crippen LogP contribution is -2.07. The molecule has 0 heterocycles. The van der Waals surface area contributed by atoms with Gasteiger partial charge in [-0.3, -0.25) is 0 Å². The van der Waals surface area contributed by atoms with Crippen molar-refractivity contribution in [3.05, 3.63) is 64.4 Å². The first-order valence-corrected chi connectivity index (χ1v) is 6.37. The van der Waals surface area contributed by atoms with Crippen molar-refractivity contribution in [2.45, 2.75) is 13.2 Å². The highest BCUT2D eigenvalue weighted by Gasteiger charge is 2.05. The monoisotopic (exact) mass is 279 g/mol. The maximum absolute atomic E-state index is 13.7. The van der Waals surface area contributed by atoms with Gasteiger partial charge in [0.25, 0.3) is 0 Å². The van der Waals surface area contributed by atoms with E-state index in [-0.39, 0.29) is 12.4 Å². The second-order valence-electron chi connectivity index (χ2n) is 4.20. The van der Waals surface area contributed by atoms with E-state index < -0.39 is 0 Å². The average Bonchev–Trinajstić information content (AvgIpc) is 2.40. The Morgan fingerprint density at radius 3 is 2.79 bits per heavy atom. The Balaban J connectivity index is 2.08. The van der Waals surface area contributed by atoms with Crippen molar-refractivity contribution in [1.29, 1.82) is 0 Å². The molecule has 1 N–H and O–H groups in total. The van der Waals surface area contributed by atoms with Gasteiger partial charge in [0.15, 0.2) is 0 Å². The number of ether oxygens (including phenoxy) is 1. The summed E-state index contributed by atoms with van der Waals surface area (Å²) in [4.78, 5) is 0. The summed E-state index contributed by atoms with van der Waals surface area (Å²) in [5.41, 5.74) is 1.56. The summed E-state index contributed by atoms with van der Waals surface area (Å²) in [5.74, 6) is 0.368. The molecule has 100 valence electrons. The molecule has 0 saturated heterocycles. The molecule has 0 aromatic heterocycles. The van der Waals surface area contributed by atoms with Gasteiger partial charge >= 0.3 is 0 Å². The maximum atomic E-state index is 13.7. The van der Waals surface area contributed by atoms with Crippen molar-refractivity contribution < 1.29 is 9.13 Å². The number of halogens is 2. The van der Waals surface area contributed by atoms with Crippen LogP contribution in [-0.2, 0) is 13.2 Å². The Bertz CT molecular complexity index is 560. The highest BCUT2D eigenvalue weighted by atomic mass is 35.5. The SMILES string of the molecule is CNCc1ccc(F)c(COc2cccc(Cl)c2)c1. The molecule has 0 saturated carbocycles. The Morgan fingerprint density at radius 1 is 1.21 bits per heavy atom. The summed E-state index contributed by atoms with van der Waals surface area (Å²) in [6, 6.07) is 12.1. The van der Waals surface area contributed by atoms with Crippen LogP contribution >= 0.6 is 11.6 Å². The molecular weight excluding hydrogens is 265 g/mol. The lowest BCUT2D eigenvalue weighted by atomic mass is 10.1. The van der Waals surface area contributed by atoms with Crippen molar-refractivity contribution in [3.8, 4) is 5.75 Å². The van der Waals surface area contributed by atoms with Gasteiger partial charge < -0.3 is 10.1 Å². The summed E-state index contributed by atoms with van der Waals surface area (Å²) < 4.78 is 19.2. The Morgan fingerprint density at radius 2 is 2.05 bits per heavy atom. The molecule has 0 bridgehead atoms. The first-order chi connectivity index (χ1) is 9.19. The normalized spacial score (nSPS) is 10.5. The standard InChI is InChI=1S/C15H15ClFNO/c1-18-9-11-5-6-15(17)12(7-11)10-19-14-4-2-3-13(16)8-14/h2-8,18H,9-10H2,1H3. The molecule has 2 aromatic rings. The minimum absolute atomic E-state index is 0.184. The lowest BCUT2D eigenvalue weighted by Gasteiger charge is -2.09. The van der Waals surface area contributed by atoms with E-state index in [0.717, 1.165) is 5.56 Å². The third-order valence-corrected chi connectivity index (χ3v) is 2.92. The molecule has 19 heavy (non-hydrogen) atoms. The molecule has 0 aliphatic heterocycles. The molecule has 0 fully saturated rings. The fraction of sp³-hybridized carbons (Fsp3) is 0.200. The molecule has 0 aliphatic rings. The van der Waals surface area contributed by atoms with Gasteiger partial charge in [-0.15, -0.1) is 0 Å². The van der Waals surface area contributed by atoms with Crippen LogP contribution in [0, 0.1) is 5.82 Å². The molecule has 0 spiro atoms. The van der Waals surface area contributed by atoms with Crippen LogP contribution in [0.25, 0.3) is 0 Å². The first kappa shape index (κ1) is 13.8. The lowest BCUT2D eigenvalue weighted by molar-refractivity contribution is 0.299. The number of nitrogens with one attached hydrogen (secondary N) is 1. The Hall–Kier alpha value is -1.58. The van der Waals surface area contributed by atoms with Crippen molar-refractivity contribution >= 4 is 11.6 Å². The van der Waals surface area contributed by atoms with Crippen molar-refractivity contribution in [2.24, 2.45) is 0 Å². The molecule has 2 rings (SSSR count). The van der Waals surface area contributed by atoms with Gasteiger partial charge in [-0.2, -0.15) is 0 Å². The first-order valence-electron chi connectivity index (χ1n) is 5.99. The highest BCUT2D eigenvalue weighted by Crippen LogP contribution is 2.19. The van der Waals surface area contributed by atoms with E-state index in [1.807, 2.05) is 7.05 Å². The summed E-state index contributed by atoms with van der Waals surface area (Å²) in [6.07, 6.45) is 0. The highest BCUT2D eigenvalue weighted by molar-refractivity contribution is 6.30. The van der Waals surface area contributed by atoms with Crippen LogP contribution in [0.2, 0.25) is 5.02 Å². The zero-order chi connectivity index (χ0) is 13.7. The van der Waals surface area contributed by atoms with E-state index in [2.05, 4.69) is 5.32 Å². The Labute approximate surface area is 117 Å². The third-order valence-electron chi connectivity index (χ3n) is 2.68. The molecule has 0 amide bonds. The van der Waals surface area contributed by atoms with Crippen LogP contribution < -0.4 is 10.1 Å². The zero-order valence-corrected chi connectivity index (χ0v) is 11.4. The summed E-state index contributed by atoms with van der Waals surface area (Å²) in [7, 11) is 1.85. The number of hydrogen-bond donors (Lipinski definition) is 1. The number of hydrogen-bond acceptors (Lipinski definition) is 2. The second kappa shape index (κ2) is 6.55. The van der Waals surface area contributed by atoms with E-state index in [0.29, 0.717) is 22.9 Å². The summed E-state index contributed by atoms with van der Waals surface area (Å²) in [6.45, 7) is 0.883. The van der Waals surface area contributed by atoms with Crippen molar-refractivity contribution in [3.63, 3.8) is 0 Å². The van der Waals surface area contributed by atoms with Gasteiger partial charge in [0.1, 0.15) is 18.2 Å². The molecule has 0 atom stereocenters. The van der Waals surface area contributed by atoms with Crippen LogP contribution in [0.4, 0.5) is 4.39 Å². The maximum Gasteiger partial charge on any atom is 0.129 e. The predicted molar refractivity (Wildman–Crippen MR) is 74.9 cm³/mol. The molecule has 4 heteroatoms. The predicted octanol–water partition coefficient (Wildman–Crippen LogP) is 3.78. The van der Waals surface area contributed by atoms with Crippen molar-refractivity contribution in [1.82, 2.24) is 5.32 Å². The van der Waals surface area contributed by atoms with Gasteiger partial charge in [-0.25, -0.2) is 4.39 Å². The van der Waals surface area contributed by atoms with E-state index in [4.69, 9.17) is 16.3 Å². The van der Waals surface area contributed by atoms with Crippen LogP contribution in [0.3, 0.4) is 0 Å². The third kappa shape index (κ3) is 3.94. The minimum Gasteiger partial charge on any atom is -0.489 e. The summed E-state index contributed by atoms with van der Waals surface area (Å²) >= 11 is 5.86. The van der Waals surface area contributed by atoms with Gasteiger partial charge in [-0.1, -0.05) is 23.7 Å². The molecule has 2 aromatic carbocycles. The van der Waals surface area contributed by atoms with Gasteiger partial charge in [0, 0.05) is 17.1 Å². The van der Waals surface area contributed by atoms with E-state index >= 15 is 0 Å². The van der Waals surface area contributed by atoms with Crippen LogP contribution in [0.1, 0.15) is 11.1 Å². The van der Waals surface area contributed by atoms with Gasteiger partial charge in [-0.05, 0) is 42.9 Å². The van der Waals surface area contributed by atoms with Crippen LogP contribution in [0.5, 0.6) is 5.75 Å². The largest absolute Gasteiger partial charge is 0.489 e. The van der Waals surface area contributed by atoms with E-state index in [9.17, 15) is 4.39 Å². The summed E-state index contributed by atoms with van der Waals surface area (Å²) in [5, 5.41) is 3.63. The van der Waals surface area contributed by atoms with E-state index in [1.54, 1.807) is 36.4 Å². The fourth-order valence-electron chi connectivity index (χ4n) is 1.77. The topological polar surface area (TPSA) is 21.3 Å². The Kier molecular flexibility index (Phi) is 4.77. The second-order valence-corrected chi connectivity index (χ2v) is 4.64. The van der Waals surface area contributed by atoms with Gasteiger partial charge in [0.2, 0.25) is 0 Å². The number of benzene rings is 2. The molecular formula is C15H15ClFNO. The van der Waals surface area contributed by atoms with Crippen LogP contribution in [-0.4, -0.2) is 7.05 Å². The van der Waals surface area contributed by atoms with Gasteiger partial charge in [0.05, 0.1) is 0 Å². The minimum atomic E-state index is -0.262. The smallest absolute Gasteiger partial charge is 0.129 e. The fourth-order valence-corrected chi connectivity index (χ4v) is 1.95. The molecule has 0 radical (unpaired) electrons. The molecule has 0 unspecified atom stereocenters. The average molecular weight is 280 g/mol. The molecule has 2 nitrogen and oxygen atoms in total. The van der Waals surface area contributed by atoms with Crippen LogP contribution in [0.15, 0.2) is 42.5 Å². The van der Waals surface area contributed by atoms with E-state index in [1.165, 1.54) is 6.07 Å². The molecule has 0 aliphatic carbocycles. The van der Waals surface area contributed by atoms with Crippen molar-refractivity contribution in [2.75, 3.05) is 7.05 Å².